The van der Waals surface area contributed by atoms with Crippen molar-refractivity contribution in [2.75, 3.05) is 31.1 Å². The Bertz CT molecular complexity index is 658. The summed E-state index contributed by atoms with van der Waals surface area (Å²) in [6.45, 7) is 20.4. The highest BCUT2D eigenvalue weighted by molar-refractivity contribution is 5.81. The molecule has 31 heavy (non-hydrogen) atoms. The summed E-state index contributed by atoms with van der Waals surface area (Å²) >= 11 is 0. The lowest BCUT2D eigenvalue weighted by atomic mass is 10.1. The van der Waals surface area contributed by atoms with Gasteiger partial charge in [0.2, 0.25) is 0 Å². The largest absolute Gasteiger partial charge is 0.461 e. The van der Waals surface area contributed by atoms with Crippen LogP contribution >= 0.6 is 0 Å². The summed E-state index contributed by atoms with van der Waals surface area (Å²) in [6, 6.07) is 8.39. The fourth-order valence-corrected chi connectivity index (χ4v) is 2.52. The second-order valence-electron chi connectivity index (χ2n) is 5.86. The third kappa shape index (κ3) is 14.8. The van der Waals surface area contributed by atoms with Gasteiger partial charge < -0.3 is 15.0 Å². The number of nitrogens with zero attached hydrogens (tertiary/aromatic N) is 1. The van der Waals surface area contributed by atoms with Gasteiger partial charge in [0.1, 0.15) is 6.61 Å². The molecule has 4 heteroatoms. The number of allylic oxidation sites excluding steroid dienone is 4. The van der Waals surface area contributed by atoms with Gasteiger partial charge in [-0.15, -0.1) is 0 Å². The van der Waals surface area contributed by atoms with E-state index in [1.54, 1.807) is 0 Å². The molecule has 0 spiro atoms. The average molecular weight is 429 g/mol. The zero-order valence-corrected chi connectivity index (χ0v) is 20.8. The minimum absolute atomic E-state index is 0.355. The molecule has 4 nitrogen and oxygen atoms in total. The molecule has 1 aromatic rings. The lowest BCUT2D eigenvalue weighted by Crippen LogP contribution is -2.27. The lowest BCUT2D eigenvalue weighted by molar-refractivity contribution is -0.137. The molecule has 1 aromatic carbocycles. The molecule has 1 rings (SSSR count). The van der Waals surface area contributed by atoms with Crippen LogP contribution in [0.15, 0.2) is 66.9 Å². The maximum atomic E-state index is 11.1. The number of ether oxygens (including phenoxy) is 1. The zero-order valence-electron chi connectivity index (χ0n) is 20.8. The van der Waals surface area contributed by atoms with Gasteiger partial charge in [-0.2, -0.15) is 0 Å². The maximum Gasteiger partial charge on any atom is 0.330 e. The van der Waals surface area contributed by atoms with Crippen molar-refractivity contribution in [1.29, 1.82) is 0 Å². The first-order valence-electron chi connectivity index (χ1n) is 11.5. The topological polar surface area (TPSA) is 41.6 Å². The summed E-state index contributed by atoms with van der Waals surface area (Å²) in [5, 5.41) is 3.30. The molecular weight excluding hydrogens is 384 g/mol. The number of nitrogens with one attached hydrogen (secondary N) is 1. The van der Waals surface area contributed by atoms with Gasteiger partial charge in [-0.05, 0) is 51.0 Å². The molecule has 0 aliphatic carbocycles. The predicted octanol–water partition coefficient (Wildman–Crippen LogP) is 6.77. The summed E-state index contributed by atoms with van der Waals surface area (Å²) < 4.78 is 5.06. The van der Waals surface area contributed by atoms with Crippen molar-refractivity contribution in [3.05, 3.63) is 72.5 Å². The van der Waals surface area contributed by atoms with Gasteiger partial charge in [-0.1, -0.05) is 70.7 Å². The summed E-state index contributed by atoms with van der Waals surface area (Å²) in [5.41, 5.74) is 3.43. The number of rotatable bonds is 12. The summed E-state index contributed by atoms with van der Waals surface area (Å²) in [5.74, 6) is -0.382. The van der Waals surface area contributed by atoms with Gasteiger partial charge in [0.15, 0.2) is 0 Å². The van der Waals surface area contributed by atoms with Gasteiger partial charge in [-0.25, -0.2) is 4.79 Å². The van der Waals surface area contributed by atoms with Crippen LogP contribution in [0.4, 0.5) is 5.69 Å². The highest BCUT2D eigenvalue weighted by Crippen LogP contribution is 2.16. The predicted molar refractivity (Wildman–Crippen MR) is 138 cm³/mol. The summed E-state index contributed by atoms with van der Waals surface area (Å²) in [4.78, 5) is 13.3. The van der Waals surface area contributed by atoms with E-state index in [4.69, 9.17) is 4.74 Å². The molecule has 0 aromatic heterocycles. The van der Waals surface area contributed by atoms with E-state index in [2.05, 4.69) is 85.3 Å². The number of likely N-dealkylation sites (N-methyl/N-ethyl adjacent to an activating group) is 2. The molecule has 0 radical (unpaired) electrons. The van der Waals surface area contributed by atoms with Crippen molar-refractivity contribution >= 4 is 17.7 Å². The molecule has 0 amide bonds. The standard InChI is InChI=1S/C23H32N2O2.2C2H6/c1-5-21(24-7-3)13-11-9-10-12-20-14-16-22(17-15-20)25(8-4)18-19-27-23(26)6-2;2*1-2/h5-6,10-17,24H,2,7-9,18-19H2,1,3-4H3;2*1-2H3/b12-10+,13-11-,21-5+;;. The monoisotopic (exact) mass is 428 g/mol. The van der Waals surface area contributed by atoms with E-state index in [0.717, 1.165) is 30.9 Å². The van der Waals surface area contributed by atoms with E-state index in [9.17, 15) is 4.79 Å². The van der Waals surface area contributed by atoms with Crippen LogP contribution in [-0.4, -0.2) is 32.2 Å². The van der Waals surface area contributed by atoms with Crippen molar-refractivity contribution in [1.82, 2.24) is 5.32 Å². The molecule has 0 unspecified atom stereocenters. The third-order valence-electron chi connectivity index (χ3n) is 3.98. The first-order valence-corrected chi connectivity index (χ1v) is 11.5. The molecule has 0 aliphatic rings. The van der Waals surface area contributed by atoms with Gasteiger partial charge in [-0.3, -0.25) is 0 Å². The van der Waals surface area contributed by atoms with Gasteiger partial charge in [0.25, 0.3) is 0 Å². The van der Waals surface area contributed by atoms with E-state index >= 15 is 0 Å². The Morgan fingerprint density at radius 2 is 1.74 bits per heavy atom. The van der Waals surface area contributed by atoms with Crippen molar-refractivity contribution in [3.8, 4) is 0 Å². The fourth-order valence-electron chi connectivity index (χ4n) is 2.52. The zero-order chi connectivity index (χ0) is 23.9. The number of carbonyl (C=O) groups excluding carboxylic acids is 1. The van der Waals surface area contributed by atoms with E-state index in [0.29, 0.717) is 13.2 Å². The molecule has 0 bridgehead atoms. The maximum absolute atomic E-state index is 11.1. The SMILES string of the molecule is C=CC(=O)OCCN(CC)c1ccc(/C=C/C/C=C\C(=C/C)NCC)cc1.CC.CC. The van der Waals surface area contributed by atoms with Gasteiger partial charge in [0, 0.05) is 30.5 Å². The first-order chi connectivity index (χ1) is 15.1. The Labute approximate surface area is 191 Å². The van der Waals surface area contributed by atoms with E-state index in [-0.39, 0.29) is 5.97 Å². The van der Waals surface area contributed by atoms with Crippen LogP contribution in [0.25, 0.3) is 6.08 Å². The lowest BCUT2D eigenvalue weighted by Gasteiger charge is -2.22. The smallest absolute Gasteiger partial charge is 0.330 e. The molecule has 0 fully saturated rings. The number of carbonyl (C=O) groups is 1. The highest BCUT2D eigenvalue weighted by atomic mass is 16.5. The quantitative estimate of drug-likeness (QED) is 0.227. The van der Waals surface area contributed by atoms with Crippen molar-refractivity contribution in [2.24, 2.45) is 0 Å². The minimum Gasteiger partial charge on any atom is -0.461 e. The molecule has 0 saturated carbocycles. The van der Waals surface area contributed by atoms with E-state index in [1.807, 2.05) is 34.6 Å². The Balaban J connectivity index is 0. The number of benzene rings is 1. The molecule has 0 atom stereocenters. The van der Waals surface area contributed by atoms with Crippen LogP contribution in [-0.2, 0) is 9.53 Å². The van der Waals surface area contributed by atoms with Crippen molar-refractivity contribution in [2.45, 2.75) is 54.9 Å². The first kappa shape index (κ1) is 30.4. The number of esters is 1. The van der Waals surface area contributed by atoms with Crippen LogP contribution in [0, 0.1) is 0 Å². The molecule has 1 N–H and O–H groups in total. The van der Waals surface area contributed by atoms with Crippen molar-refractivity contribution < 1.29 is 9.53 Å². The van der Waals surface area contributed by atoms with E-state index < -0.39 is 0 Å². The molecule has 0 heterocycles. The second kappa shape index (κ2) is 21.9. The normalized spacial score (nSPS) is 10.6. The molecular formula is C27H44N2O2. The third-order valence-corrected chi connectivity index (χ3v) is 3.98. The summed E-state index contributed by atoms with van der Waals surface area (Å²) in [7, 11) is 0. The Kier molecular flexibility index (Phi) is 21.6. The van der Waals surface area contributed by atoms with Crippen molar-refractivity contribution in [3.63, 3.8) is 0 Å². The van der Waals surface area contributed by atoms with Crippen LogP contribution in [0.2, 0.25) is 0 Å². The highest BCUT2D eigenvalue weighted by Gasteiger charge is 2.05. The molecule has 0 aliphatic heterocycles. The van der Waals surface area contributed by atoms with Crippen LogP contribution < -0.4 is 10.2 Å². The second-order valence-corrected chi connectivity index (χ2v) is 5.86. The Morgan fingerprint density at radius 1 is 1.10 bits per heavy atom. The molecule has 174 valence electrons. The van der Waals surface area contributed by atoms with E-state index in [1.165, 1.54) is 11.6 Å². The summed E-state index contributed by atoms with van der Waals surface area (Å²) in [6.07, 6.45) is 12.7. The van der Waals surface area contributed by atoms with Crippen LogP contribution in [0.5, 0.6) is 0 Å². The Hall–Kier alpha value is -2.75. The van der Waals surface area contributed by atoms with Crippen LogP contribution in [0.3, 0.4) is 0 Å². The minimum atomic E-state index is -0.382. The number of hydrogen-bond acceptors (Lipinski definition) is 4. The van der Waals surface area contributed by atoms with Gasteiger partial charge in [0.05, 0.1) is 6.54 Å². The molecule has 0 saturated heterocycles. The van der Waals surface area contributed by atoms with Crippen LogP contribution in [0.1, 0.15) is 60.5 Å². The number of hydrogen-bond donors (Lipinski definition) is 1. The Morgan fingerprint density at radius 3 is 2.26 bits per heavy atom. The van der Waals surface area contributed by atoms with Gasteiger partial charge >= 0.3 is 5.97 Å². The average Bonchev–Trinajstić information content (AvgIpc) is 2.83. The fraction of sp³-hybridized carbons (Fsp3) is 0.444. The number of anilines is 1.